The number of rotatable bonds is 5. The Morgan fingerprint density at radius 2 is 1.66 bits per heavy atom. The molecule has 0 aromatic heterocycles. The van der Waals surface area contributed by atoms with Gasteiger partial charge in [-0.05, 0) is 55.3 Å². The van der Waals surface area contributed by atoms with Gasteiger partial charge < -0.3 is 16.0 Å². The second-order valence-electron chi connectivity index (χ2n) is 8.38. The van der Waals surface area contributed by atoms with Gasteiger partial charge in [-0.25, -0.2) is 9.18 Å². The lowest BCUT2D eigenvalue weighted by Gasteiger charge is -2.20. The van der Waals surface area contributed by atoms with Gasteiger partial charge >= 0.3 is 12.2 Å². The first-order valence-electron chi connectivity index (χ1n) is 10.7. The summed E-state index contributed by atoms with van der Waals surface area (Å²) < 4.78 is 54.1. The summed E-state index contributed by atoms with van der Waals surface area (Å²) in [5.41, 5.74) is -3.07. The molecule has 0 unspecified atom stereocenters. The molecule has 0 radical (unpaired) electrons. The van der Waals surface area contributed by atoms with Crippen LogP contribution >= 0.6 is 0 Å². The van der Waals surface area contributed by atoms with Gasteiger partial charge in [-0.2, -0.15) is 13.2 Å². The third kappa shape index (κ3) is 4.96. The topological polar surface area (TPSA) is 108 Å². The van der Waals surface area contributed by atoms with Crippen LogP contribution in [0.4, 0.5) is 33.7 Å². The number of urea groups is 1. The molecule has 1 aliphatic carbocycles. The normalized spacial score (nSPS) is 17.0. The van der Waals surface area contributed by atoms with E-state index in [2.05, 4.69) is 16.0 Å². The van der Waals surface area contributed by atoms with Crippen LogP contribution in [0.15, 0.2) is 42.5 Å². The Kier molecular flexibility index (Phi) is 6.22. The molecule has 1 spiro atoms. The van der Waals surface area contributed by atoms with E-state index in [1.807, 2.05) is 0 Å². The van der Waals surface area contributed by atoms with Crippen molar-refractivity contribution < 1.29 is 36.7 Å². The van der Waals surface area contributed by atoms with Crippen LogP contribution in [0.5, 0.6) is 0 Å². The average molecular weight is 492 g/mol. The van der Waals surface area contributed by atoms with E-state index in [0.717, 1.165) is 37.1 Å². The second kappa shape index (κ2) is 9.01. The number of benzene rings is 2. The van der Waals surface area contributed by atoms with E-state index < -0.39 is 59.1 Å². The lowest BCUT2D eigenvalue weighted by Crippen LogP contribution is -2.44. The third-order valence-electron chi connectivity index (χ3n) is 5.97. The number of imide groups is 1. The maximum Gasteiger partial charge on any atom is 0.418 e. The highest BCUT2D eigenvalue weighted by atomic mass is 19.4. The van der Waals surface area contributed by atoms with Crippen LogP contribution in [0, 0.1) is 5.82 Å². The molecule has 1 heterocycles. The summed E-state index contributed by atoms with van der Waals surface area (Å²) in [4.78, 5) is 50.3. The lowest BCUT2D eigenvalue weighted by molar-refractivity contribution is -0.137. The Morgan fingerprint density at radius 1 is 1.00 bits per heavy atom. The number of hydrogen-bond acceptors (Lipinski definition) is 4. The molecule has 4 rings (SSSR count). The summed E-state index contributed by atoms with van der Waals surface area (Å²) in [5, 5.41) is 6.98. The highest BCUT2D eigenvalue weighted by Crippen LogP contribution is 2.37. The lowest BCUT2D eigenvalue weighted by atomic mass is 9.98. The number of amides is 5. The molecule has 1 saturated heterocycles. The fraction of sp³-hybridized carbons (Fsp3) is 0.304. The molecule has 35 heavy (non-hydrogen) atoms. The number of halogens is 4. The number of nitrogens with zero attached hydrogens (tertiary/aromatic N) is 1. The molecule has 0 bridgehead atoms. The molecule has 0 atom stereocenters. The molecule has 1 saturated carbocycles. The van der Waals surface area contributed by atoms with Crippen LogP contribution < -0.4 is 16.0 Å². The zero-order valence-electron chi connectivity index (χ0n) is 18.2. The predicted molar refractivity (Wildman–Crippen MR) is 116 cm³/mol. The minimum Gasteiger partial charge on any atom is -0.324 e. The molecule has 8 nitrogen and oxygen atoms in total. The van der Waals surface area contributed by atoms with Crippen molar-refractivity contribution in [3.63, 3.8) is 0 Å². The van der Waals surface area contributed by atoms with Crippen molar-refractivity contribution in [1.29, 1.82) is 0 Å². The largest absolute Gasteiger partial charge is 0.418 e. The van der Waals surface area contributed by atoms with E-state index in [1.165, 1.54) is 12.1 Å². The van der Waals surface area contributed by atoms with Gasteiger partial charge in [0.1, 0.15) is 17.9 Å². The summed E-state index contributed by atoms with van der Waals surface area (Å²) >= 11 is 0. The van der Waals surface area contributed by atoms with Crippen molar-refractivity contribution in [2.24, 2.45) is 0 Å². The first-order valence-corrected chi connectivity index (χ1v) is 10.7. The number of carbonyl (C=O) groups is 4. The maximum atomic E-state index is 13.7. The highest BCUT2D eigenvalue weighted by molar-refractivity contribution is 6.10. The van der Waals surface area contributed by atoms with Gasteiger partial charge in [0.25, 0.3) is 11.8 Å². The third-order valence-corrected chi connectivity index (χ3v) is 5.97. The van der Waals surface area contributed by atoms with E-state index in [4.69, 9.17) is 0 Å². The Morgan fingerprint density at radius 3 is 2.29 bits per heavy atom. The minimum atomic E-state index is -4.89. The van der Waals surface area contributed by atoms with Crippen molar-refractivity contribution in [2.75, 3.05) is 17.2 Å². The van der Waals surface area contributed by atoms with Gasteiger partial charge in [-0.15, -0.1) is 0 Å². The summed E-state index contributed by atoms with van der Waals surface area (Å²) in [7, 11) is 0. The van der Waals surface area contributed by atoms with Crippen LogP contribution in [0.2, 0.25) is 0 Å². The first kappa shape index (κ1) is 24.2. The fourth-order valence-corrected chi connectivity index (χ4v) is 4.24. The quantitative estimate of drug-likeness (QED) is 0.435. The van der Waals surface area contributed by atoms with E-state index >= 15 is 0 Å². The molecular weight excluding hydrogens is 472 g/mol. The Labute approximate surface area is 196 Å². The summed E-state index contributed by atoms with van der Waals surface area (Å²) in [6.07, 6.45) is -2.53. The highest BCUT2D eigenvalue weighted by Gasteiger charge is 2.52. The molecule has 184 valence electrons. The number of carbonyl (C=O) groups excluding carboxylic acids is 4. The van der Waals surface area contributed by atoms with E-state index in [-0.39, 0.29) is 11.3 Å². The predicted octanol–water partition coefficient (Wildman–Crippen LogP) is 3.90. The van der Waals surface area contributed by atoms with E-state index in [9.17, 15) is 36.7 Å². The molecule has 2 aliphatic rings. The molecule has 5 amide bonds. The first-order chi connectivity index (χ1) is 16.5. The Balaban J connectivity index is 1.48. The number of hydrogen-bond donors (Lipinski definition) is 3. The van der Waals surface area contributed by atoms with Gasteiger partial charge in [0, 0.05) is 11.3 Å². The minimum absolute atomic E-state index is 0.0333. The molecule has 2 aromatic rings. The average Bonchev–Trinajstić information content (AvgIpc) is 3.35. The number of anilines is 2. The van der Waals surface area contributed by atoms with Crippen LogP contribution in [0.1, 0.15) is 41.6 Å². The van der Waals surface area contributed by atoms with Gasteiger partial charge in [-0.1, -0.05) is 12.8 Å². The van der Waals surface area contributed by atoms with Crippen molar-refractivity contribution in [2.45, 2.75) is 37.4 Å². The smallest absolute Gasteiger partial charge is 0.324 e. The van der Waals surface area contributed by atoms with Crippen molar-refractivity contribution >= 4 is 35.1 Å². The van der Waals surface area contributed by atoms with Crippen molar-refractivity contribution in [1.82, 2.24) is 10.2 Å². The summed E-state index contributed by atoms with van der Waals surface area (Å²) in [6.45, 7) is -0.743. The van der Waals surface area contributed by atoms with Crippen LogP contribution in [0.3, 0.4) is 0 Å². The monoisotopic (exact) mass is 492 g/mol. The Hall–Kier alpha value is -3.96. The zero-order chi connectivity index (χ0) is 25.4. The van der Waals surface area contributed by atoms with Gasteiger partial charge in [0.15, 0.2) is 0 Å². The molecular formula is C23H20F4N4O4. The Bertz CT molecular complexity index is 1190. The number of alkyl halides is 3. The SMILES string of the molecule is O=C(CN1C(=O)NC2(CCCC2)C1=O)Nc1ccc(NC(=O)c2ccc(F)cc2)cc1C(F)(F)F. The van der Waals surface area contributed by atoms with E-state index in [1.54, 1.807) is 0 Å². The fourth-order valence-electron chi connectivity index (χ4n) is 4.24. The number of nitrogens with one attached hydrogen (secondary N) is 3. The van der Waals surface area contributed by atoms with Crippen LogP contribution in [0.25, 0.3) is 0 Å². The van der Waals surface area contributed by atoms with Gasteiger partial charge in [0.05, 0.1) is 11.3 Å². The van der Waals surface area contributed by atoms with Gasteiger partial charge in [0.2, 0.25) is 5.91 Å². The van der Waals surface area contributed by atoms with E-state index in [0.29, 0.717) is 23.8 Å². The standard InChI is InChI=1S/C23H20F4N4O4/c24-14-5-3-13(4-6-14)19(33)28-15-7-8-17(16(11-15)23(25,26)27)29-18(32)12-31-20(34)22(30-21(31)35)9-1-2-10-22/h3-8,11H,1-2,9-10,12H2,(H,28,33)(H,29,32)(H,30,35). The molecule has 3 N–H and O–H groups in total. The van der Waals surface area contributed by atoms with Crippen LogP contribution in [-0.4, -0.2) is 40.7 Å². The maximum absolute atomic E-state index is 13.7. The second-order valence-corrected chi connectivity index (χ2v) is 8.38. The summed E-state index contributed by atoms with van der Waals surface area (Å²) in [6, 6.07) is 6.40. The van der Waals surface area contributed by atoms with Gasteiger partial charge in [-0.3, -0.25) is 19.3 Å². The van der Waals surface area contributed by atoms with Crippen molar-refractivity contribution in [3.05, 3.63) is 59.4 Å². The van der Waals surface area contributed by atoms with Crippen molar-refractivity contribution in [3.8, 4) is 0 Å². The molecule has 1 aliphatic heterocycles. The zero-order valence-corrected chi connectivity index (χ0v) is 18.2. The molecule has 12 heteroatoms. The molecule has 2 fully saturated rings. The summed E-state index contributed by atoms with van der Waals surface area (Å²) in [5.74, 6) is -2.89. The van der Waals surface area contributed by atoms with Crippen LogP contribution in [-0.2, 0) is 15.8 Å². The molecule has 2 aromatic carbocycles.